The number of anilines is 1. The molecule has 1 saturated carbocycles. The van der Waals surface area contributed by atoms with Crippen LogP contribution in [0.2, 0.25) is 0 Å². The Labute approximate surface area is 209 Å². The lowest BCUT2D eigenvalue weighted by Crippen LogP contribution is -2.47. The van der Waals surface area contributed by atoms with Gasteiger partial charge >= 0.3 is 0 Å². The zero-order chi connectivity index (χ0) is 24.9. The van der Waals surface area contributed by atoms with Crippen LogP contribution in [0.3, 0.4) is 0 Å². The summed E-state index contributed by atoms with van der Waals surface area (Å²) in [7, 11) is 0. The summed E-state index contributed by atoms with van der Waals surface area (Å²) in [4.78, 5) is 42.0. The Bertz CT molecular complexity index is 1350. The zero-order valence-electron chi connectivity index (χ0n) is 19.7. The van der Waals surface area contributed by atoms with Crippen molar-refractivity contribution in [1.82, 2.24) is 20.3 Å². The van der Waals surface area contributed by atoms with Crippen molar-refractivity contribution in [3.8, 4) is 5.75 Å². The Hall–Kier alpha value is -4.33. The van der Waals surface area contributed by atoms with E-state index in [1.54, 1.807) is 18.3 Å². The third-order valence-electron chi connectivity index (χ3n) is 6.52. The lowest BCUT2D eigenvalue weighted by atomic mass is 9.94. The van der Waals surface area contributed by atoms with E-state index in [9.17, 15) is 14.7 Å². The van der Waals surface area contributed by atoms with Crippen molar-refractivity contribution in [3.05, 3.63) is 90.6 Å². The summed E-state index contributed by atoms with van der Waals surface area (Å²) >= 11 is 0. The molecular weight excluding hydrogens is 454 g/mol. The number of rotatable bonds is 6. The van der Waals surface area contributed by atoms with Gasteiger partial charge in [0.15, 0.2) is 0 Å². The first-order valence-electron chi connectivity index (χ1n) is 12.1. The van der Waals surface area contributed by atoms with Crippen molar-refractivity contribution in [2.45, 2.75) is 44.2 Å². The number of pyridine rings is 1. The largest absolute Gasteiger partial charge is 0.508 e. The van der Waals surface area contributed by atoms with Gasteiger partial charge in [-0.25, -0.2) is 4.98 Å². The predicted octanol–water partition coefficient (Wildman–Crippen LogP) is 4.57. The number of carbonyl (C=O) groups is 2. The molecule has 1 fully saturated rings. The second-order valence-electron chi connectivity index (χ2n) is 8.99. The van der Waals surface area contributed by atoms with Crippen LogP contribution in [0.1, 0.15) is 54.2 Å². The first-order chi connectivity index (χ1) is 17.6. The summed E-state index contributed by atoms with van der Waals surface area (Å²) in [6.45, 7) is 0. The first kappa shape index (κ1) is 23.4. The molecule has 2 aromatic heterocycles. The van der Waals surface area contributed by atoms with Crippen molar-refractivity contribution in [3.63, 3.8) is 0 Å². The van der Waals surface area contributed by atoms with Crippen molar-refractivity contribution in [2.24, 2.45) is 0 Å². The lowest BCUT2D eigenvalue weighted by Gasteiger charge is -2.33. The molecule has 0 unspecified atom stereocenters. The number of phenolic OH excluding ortho intramolecular Hbond substituents is 1. The van der Waals surface area contributed by atoms with Gasteiger partial charge in [0.2, 0.25) is 5.91 Å². The molecule has 1 aliphatic carbocycles. The average Bonchev–Trinajstić information content (AvgIpc) is 2.93. The molecular formula is C28H27N5O3. The number of nitrogens with one attached hydrogen (secondary N) is 1. The standard InChI is InChI=1S/C28H27N5O3/c34-23-12-10-19(11-13-23)26(27(35)32-21-7-2-1-3-8-21)33(28(36)25-18-29-14-15-30-25)22-16-20-6-4-5-9-24(20)31-17-22/h4-6,9-18,21,26,34H,1-3,7-8H2,(H,32,35)/t26-/m1/s1. The average molecular weight is 482 g/mol. The third kappa shape index (κ3) is 5.02. The fourth-order valence-electron chi connectivity index (χ4n) is 4.71. The normalized spacial score (nSPS) is 14.8. The quantitative estimate of drug-likeness (QED) is 0.418. The highest BCUT2D eigenvalue weighted by molar-refractivity contribution is 6.09. The van der Waals surface area contributed by atoms with Crippen LogP contribution in [0.4, 0.5) is 5.69 Å². The molecule has 8 nitrogen and oxygen atoms in total. The van der Waals surface area contributed by atoms with E-state index in [4.69, 9.17) is 0 Å². The fourth-order valence-corrected chi connectivity index (χ4v) is 4.71. The summed E-state index contributed by atoms with van der Waals surface area (Å²) in [6, 6.07) is 14.8. The summed E-state index contributed by atoms with van der Waals surface area (Å²) in [5.41, 5.74) is 1.91. The van der Waals surface area contributed by atoms with E-state index in [0.29, 0.717) is 11.3 Å². The van der Waals surface area contributed by atoms with Crippen LogP contribution in [0.15, 0.2) is 79.4 Å². The molecule has 2 N–H and O–H groups in total. The number of aromatic nitrogens is 3. The highest BCUT2D eigenvalue weighted by Gasteiger charge is 2.35. The smallest absolute Gasteiger partial charge is 0.279 e. The molecule has 2 amide bonds. The number of benzene rings is 2. The minimum atomic E-state index is -1.01. The summed E-state index contributed by atoms with van der Waals surface area (Å²) in [5.74, 6) is -0.695. The molecule has 0 aliphatic heterocycles. The molecule has 4 aromatic rings. The Kier molecular flexibility index (Phi) is 6.84. The van der Waals surface area contributed by atoms with Crippen molar-refractivity contribution in [1.29, 1.82) is 0 Å². The SMILES string of the molecule is O=C(NC1CCCCC1)[C@@H](c1ccc(O)cc1)N(C(=O)c1cnccn1)c1cnc2ccccc2c1. The summed E-state index contributed by atoms with van der Waals surface area (Å²) in [6.07, 6.45) is 11.0. The monoisotopic (exact) mass is 481 g/mol. The topological polar surface area (TPSA) is 108 Å². The van der Waals surface area contributed by atoms with Gasteiger partial charge in [-0.1, -0.05) is 49.6 Å². The Morgan fingerprint density at radius 1 is 0.944 bits per heavy atom. The maximum atomic E-state index is 13.9. The van der Waals surface area contributed by atoms with E-state index in [1.165, 1.54) is 35.6 Å². The number of nitrogens with zero attached hydrogens (tertiary/aromatic N) is 4. The fraction of sp³-hybridized carbons (Fsp3) is 0.250. The highest BCUT2D eigenvalue weighted by Crippen LogP contribution is 2.32. The van der Waals surface area contributed by atoms with Gasteiger partial charge in [-0.15, -0.1) is 0 Å². The van der Waals surface area contributed by atoms with Crippen LogP contribution in [-0.2, 0) is 4.79 Å². The maximum absolute atomic E-state index is 13.9. The van der Waals surface area contributed by atoms with Crippen molar-refractivity contribution in [2.75, 3.05) is 4.90 Å². The third-order valence-corrected chi connectivity index (χ3v) is 6.52. The van der Waals surface area contributed by atoms with Crippen LogP contribution in [0, 0.1) is 0 Å². The number of carbonyl (C=O) groups excluding carboxylic acids is 2. The first-order valence-corrected chi connectivity index (χ1v) is 12.1. The van der Waals surface area contributed by atoms with Gasteiger partial charge in [-0.3, -0.25) is 24.5 Å². The van der Waals surface area contributed by atoms with Crippen LogP contribution >= 0.6 is 0 Å². The van der Waals surface area contributed by atoms with Gasteiger partial charge in [0.05, 0.1) is 23.6 Å². The molecule has 1 atom stereocenters. The lowest BCUT2D eigenvalue weighted by molar-refractivity contribution is -0.123. The second kappa shape index (κ2) is 10.5. The van der Waals surface area contributed by atoms with E-state index < -0.39 is 11.9 Å². The van der Waals surface area contributed by atoms with Gasteiger partial charge in [0, 0.05) is 23.8 Å². The molecule has 8 heteroatoms. The van der Waals surface area contributed by atoms with E-state index in [2.05, 4.69) is 20.3 Å². The number of para-hydroxylation sites is 1. The number of hydrogen-bond donors (Lipinski definition) is 2. The molecule has 1 aliphatic rings. The van der Waals surface area contributed by atoms with Crippen molar-refractivity contribution >= 4 is 28.4 Å². The molecule has 5 rings (SSSR count). The predicted molar refractivity (Wildman–Crippen MR) is 136 cm³/mol. The van der Waals surface area contributed by atoms with E-state index in [1.807, 2.05) is 30.3 Å². The van der Waals surface area contributed by atoms with Gasteiger partial charge in [0.25, 0.3) is 5.91 Å². The molecule has 182 valence electrons. The summed E-state index contributed by atoms with van der Waals surface area (Å²) in [5, 5.41) is 13.9. The number of aromatic hydroxyl groups is 1. The number of hydrogen-bond acceptors (Lipinski definition) is 6. The Morgan fingerprint density at radius 2 is 1.72 bits per heavy atom. The number of amides is 2. The zero-order valence-corrected chi connectivity index (χ0v) is 19.7. The summed E-state index contributed by atoms with van der Waals surface area (Å²) < 4.78 is 0. The number of phenols is 1. The van der Waals surface area contributed by atoms with Gasteiger partial charge in [0.1, 0.15) is 17.5 Å². The maximum Gasteiger partial charge on any atom is 0.279 e. The second-order valence-corrected chi connectivity index (χ2v) is 8.99. The Morgan fingerprint density at radius 3 is 2.47 bits per heavy atom. The van der Waals surface area contributed by atoms with E-state index in [0.717, 1.165) is 43.0 Å². The molecule has 0 spiro atoms. The molecule has 2 aromatic carbocycles. The van der Waals surface area contributed by atoms with Crippen LogP contribution in [-0.4, -0.2) is 37.9 Å². The van der Waals surface area contributed by atoms with E-state index >= 15 is 0 Å². The minimum Gasteiger partial charge on any atom is -0.508 e. The van der Waals surface area contributed by atoms with Crippen LogP contribution in [0.25, 0.3) is 10.9 Å². The molecule has 0 radical (unpaired) electrons. The molecule has 2 heterocycles. The molecule has 36 heavy (non-hydrogen) atoms. The molecule has 0 bridgehead atoms. The van der Waals surface area contributed by atoms with E-state index in [-0.39, 0.29) is 23.4 Å². The van der Waals surface area contributed by atoms with Gasteiger partial charge in [-0.05, 0) is 42.7 Å². The minimum absolute atomic E-state index is 0.0501. The Balaban J connectivity index is 1.63. The van der Waals surface area contributed by atoms with Crippen LogP contribution in [0.5, 0.6) is 5.75 Å². The van der Waals surface area contributed by atoms with Crippen LogP contribution < -0.4 is 10.2 Å². The van der Waals surface area contributed by atoms with Gasteiger partial charge in [-0.2, -0.15) is 0 Å². The molecule has 0 saturated heterocycles. The number of fused-ring (bicyclic) bond motifs is 1. The van der Waals surface area contributed by atoms with Crippen molar-refractivity contribution < 1.29 is 14.7 Å². The van der Waals surface area contributed by atoms with Gasteiger partial charge < -0.3 is 10.4 Å². The highest BCUT2D eigenvalue weighted by atomic mass is 16.3.